The number of halogens is 2. The van der Waals surface area contributed by atoms with E-state index < -0.39 is 29.5 Å². The third kappa shape index (κ3) is 5.76. The fraction of sp³-hybridized carbons (Fsp3) is 0.182. The van der Waals surface area contributed by atoms with Gasteiger partial charge in [-0.1, -0.05) is 23.7 Å². The Morgan fingerprint density at radius 3 is 2.61 bits per heavy atom. The van der Waals surface area contributed by atoms with Gasteiger partial charge in [-0.15, -0.1) is 0 Å². The summed E-state index contributed by atoms with van der Waals surface area (Å²) in [5, 5.41) is 0.154. The molecule has 0 N–H and O–H groups in total. The molecule has 0 atom stereocenters. The minimum absolute atomic E-state index is 0.154. The summed E-state index contributed by atoms with van der Waals surface area (Å²) < 4.78 is 25.2. The largest absolute Gasteiger partial charge is 0.466 e. The van der Waals surface area contributed by atoms with Crippen LogP contribution in [0.5, 0.6) is 11.6 Å². The summed E-state index contributed by atoms with van der Waals surface area (Å²) in [4.78, 5) is 40.0. The molecule has 31 heavy (non-hydrogen) atoms. The van der Waals surface area contributed by atoms with E-state index in [4.69, 9.17) is 21.1 Å². The topological polar surface area (TPSA) is 87.5 Å². The van der Waals surface area contributed by atoms with Crippen LogP contribution in [0.3, 0.4) is 0 Å². The van der Waals surface area contributed by atoms with E-state index in [1.54, 1.807) is 43.3 Å². The van der Waals surface area contributed by atoms with Crippen LogP contribution in [0.25, 0.3) is 11.1 Å². The van der Waals surface area contributed by atoms with E-state index >= 15 is 0 Å². The van der Waals surface area contributed by atoms with Crippen LogP contribution in [0.1, 0.15) is 13.3 Å². The van der Waals surface area contributed by atoms with Crippen LogP contribution in [0.2, 0.25) is 5.02 Å². The first-order chi connectivity index (χ1) is 14.9. The number of benzene rings is 1. The minimum Gasteiger partial charge on any atom is -0.466 e. The highest BCUT2D eigenvalue weighted by Gasteiger charge is 2.14. The first kappa shape index (κ1) is 22.2. The smallest absolute Gasteiger partial charge is 0.313 e. The number of aromatic nitrogens is 2. The van der Waals surface area contributed by atoms with Crippen LogP contribution < -0.4 is 10.3 Å². The zero-order chi connectivity index (χ0) is 22.4. The molecular formula is C22H18ClFN2O5. The van der Waals surface area contributed by atoms with E-state index in [2.05, 4.69) is 4.98 Å². The van der Waals surface area contributed by atoms with Crippen molar-refractivity contribution in [1.29, 1.82) is 0 Å². The van der Waals surface area contributed by atoms with Crippen LogP contribution >= 0.6 is 11.6 Å². The SMILES string of the molecule is CCOC(=O)CC(=O)Cn1cccc(-c2ccc(Oc3ncc(Cl)cc3F)cc2)c1=O. The van der Waals surface area contributed by atoms with E-state index in [1.807, 2.05) is 0 Å². The van der Waals surface area contributed by atoms with Crippen molar-refractivity contribution in [2.24, 2.45) is 0 Å². The maximum Gasteiger partial charge on any atom is 0.313 e. The van der Waals surface area contributed by atoms with Gasteiger partial charge in [-0.25, -0.2) is 9.37 Å². The number of hydrogen-bond acceptors (Lipinski definition) is 6. The quantitative estimate of drug-likeness (QED) is 0.385. The van der Waals surface area contributed by atoms with Crippen molar-refractivity contribution in [2.45, 2.75) is 19.9 Å². The number of pyridine rings is 2. The monoisotopic (exact) mass is 444 g/mol. The van der Waals surface area contributed by atoms with Gasteiger partial charge in [-0.2, -0.15) is 0 Å². The number of ether oxygens (including phenoxy) is 2. The zero-order valence-corrected chi connectivity index (χ0v) is 17.3. The molecule has 3 aromatic rings. The Kier molecular flexibility index (Phi) is 7.15. The molecule has 0 saturated carbocycles. The summed E-state index contributed by atoms with van der Waals surface area (Å²) in [7, 11) is 0. The first-order valence-electron chi connectivity index (χ1n) is 9.33. The third-order valence-electron chi connectivity index (χ3n) is 4.17. The standard InChI is InChI=1S/C22H18ClFN2O5/c1-2-30-20(28)11-16(27)13-26-9-3-4-18(22(26)29)14-5-7-17(8-6-14)31-21-19(24)10-15(23)12-25-21/h3-10,12H,2,11,13H2,1H3. The molecule has 3 rings (SSSR count). The van der Waals surface area contributed by atoms with Gasteiger partial charge in [0.15, 0.2) is 11.6 Å². The van der Waals surface area contributed by atoms with Gasteiger partial charge in [0, 0.05) is 18.0 Å². The molecule has 0 amide bonds. The summed E-state index contributed by atoms with van der Waals surface area (Å²) >= 11 is 5.67. The van der Waals surface area contributed by atoms with Gasteiger partial charge in [0.1, 0.15) is 12.2 Å². The van der Waals surface area contributed by atoms with E-state index in [0.29, 0.717) is 16.9 Å². The molecule has 0 unspecified atom stereocenters. The molecule has 0 aliphatic carbocycles. The average Bonchev–Trinajstić information content (AvgIpc) is 2.72. The van der Waals surface area contributed by atoms with E-state index in [0.717, 1.165) is 6.07 Å². The highest BCUT2D eigenvalue weighted by atomic mass is 35.5. The van der Waals surface area contributed by atoms with Gasteiger partial charge in [0.05, 0.1) is 18.2 Å². The molecule has 0 aliphatic rings. The summed E-state index contributed by atoms with van der Waals surface area (Å²) in [6, 6.07) is 10.7. The summed E-state index contributed by atoms with van der Waals surface area (Å²) in [6.45, 7) is 1.59. The van der Waals surface area contributed by atoms with Gasteiger partial charge >= 0.3 is 5.97 Å². The first-order valence-corrected chi connectivity index (χ1v) is 9.71. The average molecular weight is 445 g/mol. The fourth-order valence-corrected chi connectivity index (χ4v) is 2.94. The van der Waals surface area contributed by atoms with Crippen LogP contribution in [0, 0.1) is 5.82 Å². The molecule has 0 fully saturated rings. The number of carbonyl (C=O) groups is 2. The molecule has 9 heteroatoms. The van der Waals surface area contributed by atoms with Crippen molar-refractivity contribution in [3.63, 3.8) is 0 Å². The summed E-state index contributed by atoms with van der Waals surface area (Å²) in [5.74, 6) is -1.66. The predicted molar refractivity (Wildman–Crippen MR) is 112 cm³/mol. The lowest BCUT2D eigenvalue weighted by molar-refractivity contribution is -0.145. The number of Topliss-reactive ketones (excluding diaryl/α,β-unsaturated/α-hetero) is 1. The molecular weight excluding hydrogens is 427 g/mol. The molecule has 1 aromatic carbocycles. The molecule has 2 aromatic heterocycles. The van der Waals surface area contributed by atoms with Gasteiger partial charge in [0.25, 0.3) is 11.4 Å². The van der Waals surface area contributed by atoms with E-state index in [1.165, 1.54) is 17.0 Å². The van der Waals surface area contributed by atoms with Gasteiger partial charge in [-0.3, -0.25) is 14.4 Å². The summed E-state index contributed by atoms with van der Waals surface area (Å²) in [5.41, 5.74) is 0.543. The molecule has 2 heterocycles. The highest BCUT2D eigenvalue weighted by Crippen LogP contribution is 2.26. The van der Waals surface area contributed by atoms with Crippen LogP contribution in [-0.4, -0.2) is 27.9 Å². The number of rotatable bonds is 8. The van der Waals surface area contributed by atoms with Crippen LogP contribution in [0.15, 0.2) is 59.7 Å². The molecule has 0 spiro atoms. The lowest BCUT2D eigenvalue weighted by Gasteiger charge is -2.09. The Morgan fingerprint density at radius 1 is 1.19 bits per heavy atom. The van der Waals surface area contributed by atoms with Crippen molar-refractivity contribution in [1.82, 2.24) is 9.55 Å². The third-order valence-corrected chi connectivity index (χ3v) is 4.37. The van der Waals surface area contributed by atoms with Crippen LogP contribution in [0.4, 0.5) is 4.39 Å². The second kappa shape index (κ2) is 9.99. The molecule has 7 nitrogen and oxygen atoms in total. The zero-order valence-electron chi connectivity index (χ0n) is 16.5. The van der Waals surface area contributed by atoms with E-state index in [-0.39, 0.29) is 24.1 Å². The van der Waals surface area contributed by atoms with E-state index in [9.17, 15) is 18.8 Å². The number of hydrogen-bond donors (Lipinski definition) is 0. The Hall–Kier alpha value is -3.52. The second-order valence-electron chi connectivity index (χ2n) is 6.44. The minimum atomic E-state index is -0.699. The Balaban J connectivity index is 1.75. The van der Waals surface area contributed by atoms with Crippen molar-refractivity contribution >= 4 is 23.4 Å². The highest BCUT2D eigenvalue weighted by molar-refractivity contribution is 6.30. The van der Waals surface area contributed by atoms with Gasteiger partial charge in [-0.05, 0) is 42.8 Å². The van der Waals surface area contributed by atoms with Crippen molar-refractivity contribution in [2.75, 3.05) is 6.61 Å². The predicted octanol–water partition coefficient (Wildman–Crippen LogP) is 4.02. The molecule has 0 aliphatic heterocycles. The fourth-order valence-electron chi connectivity index (χ4n) is 2.79. The Labute approximate surface area is 182 Å². The summed E-state index contributed by atoms with van der Waals surface area (Å²) in [6.07, 6.45) is 2.34. The van der Waals surface area contributed by atoms with Crippen molar-refractivity contribution in [3.05, 3.63) is 76.1 Å². The van der Waals surface area contributed by atoms with Crippen molar-refractivity contribution in [3.8, 4) is 22.8 Å². The van der Waals surface area contributed by atoms with Gasteiger partial charge < -0.3 is 14.0 Å². The Morgan fingerprint density at radius 2 is 1.94 bits per heavy atom. The van der Waals surface area contributed by atoms with Gasteiger partial charge in [0.2, 0.25) is 0 Å². The number of nitrogens with zero attached hydrogens (tertiary/aromatic N) is 2. The maximum absolute atomic E-state index is 13.8. The molecule has 160 valence electrons. The number of carbonyl (C=O) groups excluding carboxylic acids is 2. The normalized spacial score (nSPS) is 10.5. The number of ketones is 1. The van der Waals surface area contributed by atoms with Crippen molar-refractivity contribution < 1.29 is 23.5 Å². The second-order valence-corrected chi connectivity index (χ2v) is 6.88. The lowest BCUT2D eigenvalue weighted by Crippen LogP contribution is -2.26. The molecule has 0 bridgehead atoms. The molecule has 0 radical (unpaired) electrons. The Bertz CT molecular complexity index is 1160. The molecule has 0 saturated heterocycles. The maximum atomic E-state index is 13.8. The number of esters is 1. The lowest BCUT2D eigenvalue weighted by atomic mass is 10.1. The van der Waals surface area contributed by atoms with Crippen LogP contribution in [-0.2, 0) is 20.9 Å².